The van der Waals surface area contributed by atoms with Gasteiger partial charge < -0.3 is 11.1 Å². The van der Waals surface area contributed by atoms with Crippen LogP contribution in [0.4, 0.5) is 8.78 Å². The Bertz CT molecular complexity index is 1010. The smallest absolute Gasteiger partial charge is 0.259 e. The number of nitrogens with one attached hydrogen (secondary N) is 1. The van der Waals surface area contributed by atoms with Gasteiger partial charge in [-0.25, -0.2) is 13.5 Å². The van der Waals surface area contributed by atoms with Gasteiger partial charge in [-0.2, -0.15) is 5.10 Å². The van der Waals surface area contributed by atoms with Crippen molar-refractivity contribution in [3.8, 4) is 5.69 Å². The highest BCUT2D eigenvalue weighted by atomic mass is 19.3. The number of benzene rings is 2. The van der Waals surface area contributed by atoms with Crippen LogP contribution < -0.4 is 11.1 Å². The molecule has 140 valence electrons. The first kappa shape index (κ1) is 17.6. The molecule has 1 amide bonds. The second kappa shape index (κ2) is 6.13. The van der Waals surface area contributed by atoms with E-state index in [1.807, 2.05) is 6.07 Å². The Hall–Kier alpha value is -2.80. The predicted molar refractivity (Wildman–Crippen MR) is 99.4 cm³/mol. The molecule has 0 radical (unpaired) electrons. The SMILES string of the molecule is C[C@]1(c2ccc(-n3cc4cccc(C(N)=O)c4n3)cc2)CNCCC1(F)F. The molecule has 1 aliphatic heterocycles. The third-order valence-electron chi connectivity index (χ3n) is 5.47. The van der Waals surface area contributed by atoms with Crippen molar-refractivity contribution in [2.75, 3.05) is 13.1 Å². The average molecular weight is 370 g/mol. The lowest BCUT2D eigenvalue weighted by Crippen LogP contribution is -2.55. The van der Waals surface area contributed by atoms with Crippen LogP contribution in [0, 0.1) is 0 Å². The Balaban J connectivity index is 1.72. The fourth-order valence-corrected chi connectivity index (χ4v) is 3.66. The summed E-state index contributed by atoms with van der Waals surface area (Å²) in [5.74, 6) is -3.31. The second-order valence-corrected chi connectivity index (χ2v) is 7.19. The Morgan fingerprint density at radius 1 is 1.22 bits per heavy atom. The van der Waals surface area contributed by atoms with Crippen LogP contribution in [0.25, 0.3) is 16.6 Å². The van der Waals surface area contributed by atoms with Crippen molar-refractivity contribution in [2.45, 2.75) is 24.7 Å². The molecule has 4 rings (SSSR count). The number of hydrogen-bond acceptors (Lipinski definition) is 3. The molecule has 27 heavy (non-hydrogen) atoms. The number of carbonyl (C=O) groups excluding carboxylic acids is 1. The van der Waals surface area contributed by atoms with Crippen LogP contribution in [-0.4, -0.2) is 34.7 Å². The van der Waals surface area contributed by atoms with Crippen molar-refractivity contribution in [3.05, 3.63) is 59.8 Å². The predicted octanol–water partition coefficient (Wildman–Crippen LogP) is 3.01. The number of nitrogens with two attached hydrogens (primary N) is 1. The zero-order valence-corrected chi connectivity index (χ0v) is 14.9. The third-order valence-corrected chi connectivity index (χ3v) is 5.47. The summed E-state index contributed by atoms with van der Waals surface area (Å²) in [7, 11) is 0. The van der Waals surface area contributed by atoms with Crippen LogP contribution in [-0.2, 0) is 5.41 Å². The first-order chi connectivity index (χ1) is 12.8. The fraction of sp³-hybridized carbons (Fsp3) is 0.300. The van der Waals surface area contributed by atoms with Crippen molar-refractivity contribution in [1.82, 2.24) is 15.1 Å². The number of fused-ring (bicyclic) bond motifs is 1. The van der Waals surface area contributed by atoms with E-state index in [2.05, 4.69) is 10.4 Å². The summed E-state index contributed by atoms with van der Waals surface area (Å²) in [6.45, 7) is 2.14. The van der Waals surface area contributed by atoms with Crippen molar-refractivity contribution in [3.63, 3.8) is 0 Å². The van der Waals surface area contributed by atoms with Crippen LogP contribution in [0.15, 0.2) is 48.7 Å². The van der Waals surface area contributed by atoms with Gasteiger partial charge in [0.15, 0.2) is 0 Å². The van der Waals surface area contributed by atoms with Gasteiger partial charge >= 0.3 is 0 Å². The highest BCUT2D eigenvalue weighted by Gasteiger charge is 2.52. The lowest BCUT2D eigenvalue weighted by molar-refractivity contribution is -0.0921. The number of nitrogens with zero attached hydrogens (tertiary/aromatic N) is 2. The number of halogens is 2. The van der Waals surface area contributed by atoms with E-state index < -0.39 is 17.2 Å². The minimum Gasteiger partial charge on any atom is -0.366 e. The number of rotatable bonds is 3. The van der Waals surface area contributed by atoms with E-state index in [1.165, 1.54) is 0 Å². The molecule has 1 aliphatic rings. The van der Waals surface area contributed by atoms with Gasteiger partial charge in [-0.15, -0.1) is 0 Å². The number of aromatic nitrogens is 2. The summed E-state index contributed by atoms with van der Waals surface area (Å²) in [5.41, 5.74) is 6.33. The molecule has 0 aliphatic carbocycles. The third kappa shape index (κ3) is 2.78. The topological polar surface area (TPSA) is 72.9 Å². The number of alkyl halides is 2. The Morgan fingerprint density at radius 2 is 1.96 bits per heavy atom. The lowest BCUT2D eigenvalue weighted by atomic mass is 9.73. The van der Waals surface area contributed by atoms with Crippen LogP contribution in [0.5, 0.6) is 0 Å². The Morgan fingerprint density at radius 3 is 2.63 bits per heavy atom. The Labute approximate surface area is 155 Å². The second-order valence-electron chi connectivity index (χ2n) is 7.19. The molecule has 1 aromatic heterocycles. The molecule has 7 heteroatoms. The molecule has 5 nitrogen and oxygen atoms in total. The quantitative estimate of drug-likeness (QED) is 0.744. The Kier molecular flexibility index (Phi) is 3.99. The van der Waals surface area contributed by atoms with E-state index in [0.717, 1.165) is 11.1 Å². The highest BCUT2D eigenvalue weighted by Crippen LogP contribution is 2.43. The molecule has 1 fully saturated rings. The molecule has 0 spiro atoms. The van der Waals surface area contributed by atoms with Crippen molar-refractivity contribution in [2.24, 2.45) is 5.73 Å². The van der Waals surface area contributed by atoms with E-state index in [4.69, 9.17) is 5.73 Å². The van der Waals surface area contributed by atoms with Crippen LogP contribution >= 0.6 is 0 Å². The number of primary amides is 1. The van der Waals surface area contributed by atoms with Gasteiger partial charge in [-0.3, -0.25) is 4.79 Å². The zero-order chi connectivity index (χ0) is 19.2. The van der Waals surface area contributed by atoms with Gasteiger partial charge in [0, 0.05) is 31.1 Å². The monoisotopic (exact) mass is 370 g/mol. The molecule has 3 N–H and O–H groups in total. The molecule has 0 saturated carbocycles. The van der Waals surface area contributed by atoms with Gasteiger partial charge in [-0.1, -0.05) is 24.3 Å². The molecule has 1 atom stereocenters. The van der Waals surface area contributed by atoms with Gasteiger partial charge in [0.25, 0.3) is 11.8 Å². The summed E-state index contributed by atoms with van der Waals surface area (Å²) in [6.07, 6.45) is 1.61. The highest BCUT2D eigenvalue weighted by molar-refractivity contribution is 6.04. The standard InChI is InChI=1S/C20H20F2N4O/c1-19(12-24-10-9-20(19,21)22)14-5-7-15(8-6-14)26-11-13-3-2-4-16(18(23)27)17(13)25-26/h2-8,11,24H,9-10,12H2,1H3,(H2,23,27)/t19-/m1/s1. The van der Waals surface area contributed by atoms with E-state index in [1.54, 1.807) is 54.2 Å². The van der Waals surface area contributed by atoms with Gasteiger partial charge in [-0.05, 0) is 30.7 Å². The molecular weight excluding hydrogens is 350 g/mol. The number of carbonyl (C=O) groups is 1. The van der Waals surface area contributed by atoms with Gasteiger partial charge in [0.1, 0.15) is 5.52 Å². The molecule has 0 unspecified atom stereocenters. The largest absolute Gasteiger partial charge is 0.366 e. The summed E-state index contributed by atoms with van der Waals surface area (Å²) in [5, 5.41) is 8.30. The average Bonchev–Trinajstić information content (AvgIpc) is 3.08. The van der Waals surface area contributed by atoms with Crippen molar-refractivity contribution in [1.29, 1.82) is 0 Å². The molecule has 0 bridgehead atoms. The lowest BCUT2D eigenvalue weighted by Gasteiger charge is -2.42. The number of piperidine rings is 1. The normalized spacial score (nSPS) is 22.0. The molecule has 2 heterocycles. The van der Waals surface area contributed by atoms with Crippen LogP contribution in [0.3, 0.4) is 0 Å². The fourth-order valence-electron chi connectivity index (χ4n) is 3.66. The van der Waals surface area contributed by atoms with Crippen LogP contribution in [0.2, 0.25) is 0 Å². The maximum Gasteiger partial charge on any atom is 0.259 e. The molecular formula is C20H20F2N4O. The summed E-state index contributed by atoms with van der Waals surface area (Å²) in [6, 6.07) is 12.2. The molecule has 3 aromatic rings. The van der Waals surface area contributed by atoms with Gasteiger partial charge in [0.2, 0.25) is 0 Å². The summed E-state index contributed by atoms with van der Waals surface area (Å²) >= 11 is 0. The first-order valence-electron chi connectivity index (χ1n) is 8.79. The van der Waals surface area contributed by atoms with E-state index in [0.29, 0.717) is 23.2 Å². The maximum absolute atomic E-state index is 14.5. The van der Waals surface area contributed by atoms with E-state index in [9.17, 15) is 13.6 Å². The zero-order valence-electron chi connectivity index (χ0n) is 14.9. The van der Waals surface area contributed by atoms with Crippen molar-refractivity contribution >= 4 is 16.8 Å². The number of amides is 1. The van der Waals surface area contributed by atoms with E-state index >= 15 is 0 Å². The number of hydrogen-bond donors (Lipinski definition) is 2. The summed E-state index contributed by atoms with van der Waals surface area (Å²) < 4.78 is 30.7. The van der Waals surface area contributed by atoms with Gasteiger partial charge in [0.05, 0.1) is 16.7 Å². The minimum atomic E-state index is -2.77. The minimum absolute atomic E-state index is 0.175. The van der Waals surface area contributed by atoms with E-state index in [-0.39, 0.29) is 13.0 Å². The molecule has 1 saturated heterocycles. The molecule has 2 aromatic carbocycles. The maximum atomic E-state index is 14.5. The summed E-state index contributed by atoms with van der Waals surface area (Å²) in [4.78, 5) is 11.6. The van der Waals surface area contributed by atoms with Crippen molar-refractivity contribution < 1.29 is 13.6 Å². The first-order valence-corrected chi connectivity index (χ1v) is 8.79. The van der Waals surface area contributed by atoms with Crippen LogP contribution in [0.1, 0.15) is 29.3 Å².